The number of hydrogen-bond acceptors (Lipinski definition) is 5. The van der Waals surface area contributed by atoms with Crippen molar-refractivity contribution in [2.45, 2.75) is 57.4 Å². The fourth-order valence-electron chi connectivity index (χ4n) is 5.53. The molecule has 0 heterocycles. The SMILES string of the molecule is CCOC(CN(C(=O)C(Cc1ccc(Br)cc1)NC(=O)OCC1c2ccccc2-c2ccccc21)C1CC1)OCC. The van der Waals surface area contributed by atoms with Crippen LogP contribution in [0.3, 0.4) is 0 Å². The van der Waals surface area contributed by atoms with Gasteiger partial charge in [-0.05, 0) is 66.6 Å². The lowest BCUT2D eigenvalue weighted by molar-refractivity contribution is -0.160. The summed E-state index contributed by atoms with van der Waals surface area (Å²) in [7, 11) is 0. The summed E-state index contributed by atoms with van der Waals surface area (Å²) in [6.45, 7) is 5.28. The Morgan fingerprint density at radius 1 is 0.902 bits per heavy atom. The van der Waals surface area contributed by atoms with Crippen LogP contribution in [-0.4, -0.2) is 61.6 Å². The minimum absolute atomic E-state index is 0.0603. The first-order chi connectivity index (χ1) is 20.0. The first-order valence-electron chi connectivity index (χ1n) is 14.4. The van der Waals surface area contributed by atoms with Crippen molar-refractivity contribution in [3.63, 3.8) is 0 Å². The first-order valence-corrected chi connectivity index (χ1v) is 15.2. The summed E-state index contributed by atoms with van der Waals surface area (Å²) in [5, 5.41) is 2.91. The molecule has 0 aliphatic heterocycles. The highest BCUT2D eigenvalue weighted by Gasteiger charge is 2.38. The molecule has 41 heavy (non-hydrogen) atoms. The topological polar surface area (TPSA) is 77.1 Å². The molecule has 1 unspecified atom stereocenters. The molecule has 0 bridgehead atoms. The van der Waals surface area contributed by atoms with Crippen molar-refractivity contribution in [1.82, 2.24) is 10.2 Å². The molecule has 2 aliphatic carbocycles. The Morgan fingerprint density at radius 2 is 1.49 bits per heavy atom. The highest BCUT2D eigenvalue weighted by Crippen LogP contribution is 2.44. The van der Waals surface area contributed by atoms with E-state index >= 15 is 0 Å². The molecular formula is C33H37BrN2O5. The Balaban J connectivity index is 1.31. The fraction of sp³-hybridized carbons (Fsp3) is 0.394. The van der Waals surface area contributed by atoms with Crippen LogP contribution < -0.4 is 5.32 Å². The van der Waals surface area contributed by atoms with Crippen molar-refractivity contribution in [2.24, 2.45) is 0 Å². The van der Waals surface area contributed by atoms with Gasteiger partial charge in [0.2, 0.25) is 5.91 Å². The zero-order valence-corrected chi connectivity index (χ0v) is 25.1. The van der Waals surface area contributed by atoms with Crippen LogP contribution in [0.15, 0.2) is 77.3 Å². The maximum atomic E-state index is 14.0. The number of fused-ring (bicyclic) bond motifs is 3. The number of halogens is 1. The number of alkyl carbamates (subject to hydrolysis) is 1. The second kappa shape index (κ2) is 13.6. The molecule has 2 amide bonds. The van der Waals surface area contributed by atoms with Crippen LogP contribution in [-0.2, 0) is 25.4 Å². The number of ether oxygens (including phenoxy) is 3. The predicted octanol–water partition coefficient (Wildman–Crippen LogP) is 6.29. The molecule has 216 valence electrons. The monoisotopic (exact) mass is 620 g/mol. The van der Waals surface area contributed by atoms with E-state index in [0.717, 1.165) is 34.0 Å². The van der Waals surface area contributed by atoms with Crippen LogP contribution in [0.1, 0.15) is 49.3 Å². The molecule has 1 N–H and O–H groups in total. The zero-order valence-electron chi connectivity index (χ0n) is 23.6. The number of hydrogen-bond donors (Lipinski definition) is 1. The number of benzene rings is 3. The predicted molar refractivity (Wildman–Crippen MR) is 162 cm³/mol. The zero-order chi connectivity index (χ0) is 28.8. The van der Waals surface area contributed by atoms with Crippen molar-refractivity contribution in [2.75, 3.05) is 26.4 Å². The Morgan fingerprint density at radius 3 is 2.05 bits per heavy atom. The van der Waals surface area contributed by atoms with Gasteiger partial charge in [0.1, 0.15) is 12.6 Å². The Hall–Kier alpha value is -3.20. The maximum Gasteiger partial charge on any atom is 0.407 e. The van der Waals surface area contributed by atoms with E-state index in [1.54, 1.807) is 0 Å². The molecule has 2 aliphatic rings. The molecule has 8 heteroatoms. The second-order valence-electron chi connectivity index (χ2n) is 10.4. The Labute approximate surface area is 250 Å². The smallest absolute Gasteiger partial charge is 0.407 e. The maximum absolute atomic E-state index is 14.0. The molecule has 1 fully saturated rings. The van der Waals surface area contributed by atoms with Crippen molar-refractivity contribution >= 4 is 27.9 Å². The van der Waals surface area contributed by atoms with Crippen LogP contribution >= 0.6 is 15.9 Å². The minimum Gasteiger partial charge on any atom is -0.449 e. The highest BCUT2D eigenvalue weighted by molar-refractivity contribution is 9.10. The molecule has 0 radical (unpaired) electrons. The Kier molecular flexibility index (Phi) is 9.75. The van der Waals surface area contributed by atoms with E-state index in [0.29, 0.717) is 26.2 Å². The molecule has 1 atom stereocenters. The van der Waals surface area contributed by atoms with Gasteiger partial charge in [0.15, 0.2) is 6.29 Å². The minimum atomic E-state index is -0.795. The molecule has 3 aromatic rings. The van der Waals surface area contributed by atoms with Gasteiger partial charge in [0, 0.05) is 36.1 Å². The first kappa shape index (κ1) is 29.3. The standard InChI is InChI=1S/C33H37BrN2O5/c1-3-39-31(40-4-2)20-36(24-17-18-24)32(37)30(19-22-13-15-23(34)16-14-22)35-33(38)41-21-29-27-11-7-5-9-25(27)26-10-6-8-12-28(26)29/h5-16,24,29-31H,3-4,17-21H2,1-2H3,(H,35,38). The van der Waals surface area contributed by atoms with E-state index in [1.807, 2.05) is 67.3 Å². The average molecular weight is 622 g/mol. The largest absolute Gasteiger partial charge is 0.449 e. The normalized spacial score (nSPS) is 14.8. The van der Waals surface area contributed by atoms with Crippen molar-refractivity contribution in [3.05, 3.63) is 94.0 Å². The van der Waals surface area contributed by atoms with E-state index in [2.05, 4.69) is 45.5 Å². The molecule has 0 aromatic heterocycles. The molecule has 1 saturated carbocycles. The van der Waals surface area contributed by atoms with E-state index in [4.69, 9.17) is 14.2 Å². The summed E-state index contributed by atoms with van der Waals surface area (Å²) in [4.78, 5) is 29.1. The third-order valence-corrected chi connectivity index (χ3v) is 8.14. The summed E-state index contributed by atoms with van der Waals surface area (Å²) in [6, 6.07) is 23.5. The summed E-state index contributed by atoms with van der Waals surface area (Å²) < 4.78 is 18.3. The highest BCUT2D eigenvalue weighted by atomic mass is 79.9. The number of nitrogens with one attached hydrogen (secondary N) is 1. The van der Waals surface area contributed by atoms with Crippen LogP contribution in [0, 0.1) is 0 Å². The molecule has 0 spiro atoms. The van der Waals surface area contributed by atoms with Gasteiger partial charge >= 0.3 is 6.09 Å². The van der Waals surface area contributed by atoms with E-state index in [1.165, 1.54) is 11.1 Å². The van der Waals surface area contributed by atoms with Gasteiger partial charge in [0.05, 0.1) is 6.54 Å². The fourth-order valence-corrected chi connectivity index (χ4v) is 5.79. The lowest BCUT2D eigenvalue weighted by Crippen LogP contribution is -2.52. The Bertz CT molecular complexity index is 1290. The van der Waals surface area contributed by atoms with E-state index < -0.39 is 18.4 Å². The summed E-state index contributed by atoms with van der Waals surface area (Å²) >= 11 is 3.47. The number of rotatable bonds is 13. The number of carbonyl (C=O) groups excluding carboxylic acids is 2. The summed E-state index contributed by atoms with van der Waals surface area (Å²) in [5.41, 5.74) is 5.55. The second-order valence-corrected chi connectivity index (χ2v) is 11.3. The molecular weight excluding hydrogens is 584 g/mol. The third kappa shape index (κ3) is 7.18. The van der Waals surface area contributed by atoms with Gasteiger partial charge in [-0.25, -0.2) is 4.79 Å². The van der Waals surface area contributed by atoms with Crippen LogP contribution in [0.25, 0.3) is 11.1 Å². The molecule has 3 aromatic carbocycles. The van der Waals surface area contributed by atoms with Crippen molar-refractivity contribution in [3.8, 4) is 11.1 Å². The summed E-state index contributed by atoms with van der Waals surface area (Å²) in [5.74, 6) is -0.219. The molecule has 7 nitrogen and oxygen atoms in total. The van der Waals surface area contributed by atoms with Crippen LogP contribution in [0.5, 0.6) is 0 Å². The number of carbonyl (C=O) groups is 2. The average Bonchev–Trinajstić information content (AvgIpc) is 3.77. The summed E-state index contributed by atoms with van der Waals surface area (Å²) in [6.07, 6.45) is 1.06. The van der Waals surface area contributed by atoms with Gasteiger partial charge in [-0.15, -0.1) is 0 Å². The molecule has 0 saturated heterocycles. The van der Waals surface area contributed by atoms with Crippen molar-refractivity contribution in [1.29, 1.82) is 0 Å². The van der Waals surface area contributed by atoms with Gasteiger partial charge in [-0.1, -0.05) is 76.6 Å². The van der Waals surface area contributed by atoms with E-state index in [-0.39, 0.29) is 24.5 Å². The van der Waals surface area contributed by atoms with Crippen molar-refractivity contribution < 1.29 is 23.8 Å². The quantitative estimate of drug-likeness (QED) is 0.227. The van der Waals surface area contributed by atoms with Gasteiger partial charge in [-0.2, -0.15) is 0 Å². The van der Waals surface area contributed by atoms with Gasteiger partial charge < -0.3 is 24.4 Å². The van der Waals surface area contributed by atoms with Gasteiger partial charge in [-0.3, -0.25) is 4.79 Å². The van der Waals surface area contributed by atoms with E-state index in [9.17, 15) is 9.59 Å². The number of amides is 2. The van der Waals surface area contributed by atoms with Crippen LogP contribution in [0.2, 0.25) is 0 Å². The number of nitrogens with zero attached hydrogens (tertiary/aromatic N) is 1. The lowest BCUT2D eigenvalue weighted by Gasteiger charge is -2.31. The molecule has 5 rings (SSSR count). The van der Waals surface area contributed by atoms with Crippen LogP contribution in [0.4, 0.5) is 4.79 Å². The lowest BCUT2D eigenvalue weighted by atomic mass is 9.98. The third-order valence-electron chi connectivity index (χ3n) is 7.61. The van der Waals surface area contributed by atoms with Gasteiger partial charge in [0.25, 0.3) is 0 Å².